The van der Waals surface area contributed by atoms with E-state index < -0.39 is 4.92 Å². The van der Waals surface area contributed by atoms with Crippen LogP contribution in [-0.2, 0) is 6.54 Å². The van der Waals surface area contributed by atoms with Crippen molar-refractivity contribution in [1.82, 2.24) is 9.55 Å². The lowest BCUT2D eigenvalue weighted by molar-refractivity contribution is -0.384. The van der Waals surface area contributed by atoms with Gasteiger partial charge in [0.05, 0.1) is 35.8 Å². The maximum Gasteiger partial charge on any atom is 0.270 e. The molecule has 24 heavy (non-hydrogen) atoms. The van der Waals surface area contributed by atoms with Crippen LogP contribution in [0.1, 0.15) is 5.56 Å². The van der Waals surface area contributed by atoms with Gasteiger partial charge in [-0.05, 0) is 24.3 Å². The third-order valence-electron chi connectivity index (χ3n) is 3.60. The highest BCUT2D eigenvalue weighted by molar-refractivity contribution is 6.31. The van der Waals surface area contributed by atoms with Gasteiger partial charge in [-0.2, -0.15) is 0 Å². The van der Waals surface area contributed by atoms with Crippen molar-refractivity contribution in [3.8, 4) is 5.75 Å². The van der Waals surface area contributed by atoms with Crippen molar-refractivity contribution in [2.45, 2.75) is 6.54 Å². The first kappa shape index (κ1) is 15.9. The third kappa shape index (κ3) is 2.93. The molecule has 0 aliphatic heterocycles. The number of nitro groups is 1. The third-order valence-corrected chi connectivity index (χ3v) is 3.84. The summed E-state index contributed by atoms with van der Waals surface area (Å²) in [7, 11) is 1.46. The van der Waals surface area contributed by atoms with Gasteiger partial charge in [0.25, 0.3) is 11.2 Å². The number of nitrogens with zero attached hydrogens (tertiary/aromatic N) is 3. The van der Waals surface area contributed by atoms with Crippen LogP contribution in [0.3, 0.4) is 0 Å². The first-order valence-electron chi connectivity index (χ1n) is 6.95. The van der Waals surface area contributed by atoms with Crippen LogP contribution in [0, 0.1) is 10.1 Å². The van der Waals surface area contributed by atoms with Gasteiger partial charge in [0.1, 0.15) is 5.75 Å². The van der Waals surface area contributed by atoms with Gasteiger partial charge >= 0.3 is 0 Å². The summed E-state index contributed by atoms with van der Waals surface area (Å²) < 4.78 is 6.58. The largest absolute Gasteiger partial charge is 0.496 e. The van der Waals surface area contributed by atoms with Crippen molar-refractivity contribution in [2.75, 3.05) is 7.11 Å². The van der Waals surface area contributed by atoms with E-state index >= 15 is 0 Å². The number of benzene rings is 2. The molecule has 0 atom stereocenters. The van der Waals surface area contributed by atoms with E-state index in [1.165, 1.54) is 36.2 Å². The Balaban J connectivity index is 2.10. The maximum atomic E-state index is 12.6. The molecule has 0 N–H and O–H groups in total. The first-order chi connectivity index (χ1) is 11.5. The maximum absolute atomic E-state index is 12.6. The lowest BCUT2D eigenvalue weighted by atomic mass is 10.1. The predicted octanol–water partition coefficient (Wildman–Crippen LogP) is 3.02. The standard InChI is InChI=1S/C16H12ClN3O4/c1-24-15-5-3-12(20(22)23)6-10(15)8-19-9-18-14-4-2-11(17)7-13(14)16(19)21/h2-7,9H,8H2,1H3. The minimum Gasteiger partial charge on any atom is -0.496 e. The van der Waals surface area contributed by atoms with Gasteiger partial charge in [-0.15, -0.1) is 0 Å². The molecule has 122 valence electrons. The van der Waals surface area contributed by atoms with E-state index in [0.717, 1.165) is 0 Å². The van der Waals surface area contributed by atoms with Gasteiger partial charge in [-0.3, -0.25) is 19.5 Å². The highest BCUT2D eigenvalue weighted by Crippen LogP contribution is 2.24. The monoisotopic (exact) mass is 345 g/mol. The molecule has 0 radical (unpaired) electrons. The summed E-state index contributed by atoms with van der Waals surface area (Å²) in [5, 5.41) is 11.8. The Morgan fingerprint density at radius 1 is 1.29 bits per heavy atom. The fourth-order valence-corrected chi connectivity index (χ4v) is 2.60. The number of halogens is 1. The zero-order chi connectivity index (χ0) is 17.3. The van der Waals surface area contributed by atoms with Crippen LogP contribution in [0.4, 0.5) is 5.69 Å². The zero-order valence-corrected chi connectivity index (χ0v) is 13.4. The lowest BCUT2D eigenvalue weighted by Crippen LogP contribution is -2.21. The highest BCUT2D eigenvalue weighted by atomic mass is 35.5. The molecule has 0 bridgehead atoms. The van der Waals surface area contributed by atoms with Gasteiger partial charge in [0.2, 0.25) is 0 Å². The van der Waals surface area contributed by atoms with Crippen molar-refractivity contribution < 1.29 is 9.66 Å². The first-order valence-corrected chi connectivity index (χ1v) is 7.33. The number of fused-ring (bicyclic) bond motifs is 1. The van der Waals surface area contributed by atoms with Crippen LogP contribution in [-0.4, -0.2) is 21.6 Å². The van der Waals surface area contributed by atoms with E-state index in [1.54, 1.807) is 18.2 Å². The molecule has 0 saturated carbocycles. The second kappa shape index (κ2) is 6.29. The SMILES string of the molecule is COc1ccc([N+](=O)[O-])cc1Cn1cnc2ccc(Cl)cc2c1=O. The smallest absolute Gasteiger partial charge is 0.270 e. The second-order valence-corrected chi connectivity index (χ2v) is 5.53. The number of hydrogen-bond acceptors (Lipinski definition) is 5. The number of methoxy groups -OCH3 is 1. The Labute approximate surface area is 141 Å². The zero-order valence-electron chi connectivity index (χ0n) is 12.6. The topological polar surface area (TPSA) is 87.3 Å². The molecule has 0 spiro atoms. The number of non-ortho nitro benzene ring substituents is 1. The summed E-state index contributed by atoms with van der Waals surface area (Å²) in [6.45, 7) is 0.0964. The fourth-order valence-electron chi connectivity index (χ4n) is 2.43. The second-order valence-electron chi connectivity index (χ2n) is 5.09. The van der Waals surface area contributed by atoms with Gasteiger partial charge in [0.15, 0.2) is 0 Å². The van der Waals surface area contributed by atoms with Crippen LogP contribution in [0.25, 0.3) is 10.9 Å². The summed E-state index contributed by atoms with van der Waals surface area (Å²) in [4.78, 5) is 27.3. The summed E-state index contributed by atoms with van der Waals surface area (Å²) in [5.74, 6) is 0.457. The van der Waals surface area contributed by atoms with E-state index in [2.05, 4.69) is 4.98 Å². The average molecular weight is 346 g/mol. The van der Waals surface area contributed by atoms with Crippen molar-refractivity contribution in [1.29, 1.82) is 0 Å². The molecule has 0 amide bonds. The minimum absolute atomic E-state index is 0.0735. The predicted molar refractivity (Wildman–Crippen MR) is 89.8 cm³/mol. The van der Waals surface area contributed by atoms with Crippen LogP contribution < -0.4 is 10.3 Å². The Bertz CT molecular complexity index is 1000. The Morgan fingerprint density at radius 3 is 2.79 bits per heavy atom. The molecule has 0 aliphatic carbocycles. The molecule has 1 aromatic heterocycles. The van der Waals surface area contributed by atoms with Gasteiger partial charge in [-0.1, -0.05) is 11.6 Å². The van der Waals surface area contributed by atoms with Crippen LogP contribution in [0.5, 0.6) is 5.75 Å². The minimum atomic E-state index is -0.496. The van der Waals surface area contributed by atoms with E-state index in [-0.39, 0.29) is 17.8 Å². The Kier molecular flexibility index (Phi) is 4.18. The number of aromatic nitrogens is 2. The van der Waals surface area contributed by atoms with Crippen LogP contribution in [0.15, 0.2) is 47.5 Å². The molecule has 3 aromatic rings. The van der Waals surface area contributed by atoms with Crippen molar-refractivity contribution in [2.24, 2.45) is 0 Å². The number of rotatable bonds is 4. The van der Waals surface area contributed by atoms with E-state index in [0.29, 0.717) is 27.2 Å². The highest BCUT2D eigenvalue weighted by Gasteiger charge is 2.13. The number of hydrogen-bond donors (Lipinski definition) is 0. The average Bonchev–Trinajstić information content (AvgIpc) is 2.57. The van der Waals surface area contributed by atoms with Crippen molar-refractivity contribution in [3.05, 3.63) is 73.8 Å². The summed E-state index contributed by atoms with van der Waals surface area (Å²) >= 11 is 5.94. The molecule has 7 nitrogen and oxygen atoms in total. The molecule has 0 saturated heterocycles. The van der Waals surface area contributed by atoms with E-state index in [9.17, 15) is 14.9 Å². The molecular weight excluding hydrogens is 334 g/mol. The molecule has 3 rings (SSSR count). The summed E-state index contributed by atoms with van der Waals surface area (Å²) in [6, 6.07) is 9.11. The number of nitro benzene ring substituents is 1. The molecular formula is C16H12ClN3O4. The van der Waals surface area contributed by atoms with Crippen LogP contribution in [0.2, 0.25) is 5.02 Å². The quantitative estimate of drug-likeness (QED) is 0.535. The molecule has 1 heterocycles. The summed E-state index contributed by atoms with van der Waals surface area (Å²) in [6.07, 6.45) is 1.40. The summed E-state index contributed by atoms with van der Waals surface area (Å²) in [5.41, 5.74) is 0.690. The van der Waals surface area contributed by atoms with Gasteiger partial charge in [0, 0.05) is 22.7 Å². The molecule has 2 aromatic carbocycles. The van der Waals surface area contributed by atoms with Gasteiger partial charge in [-0.25, -0.2) is 4.98 Å². The Morgan fingerprint density at radius 2 is 2.08 bits per heavy atom. The normalized spacial score (nSPS) is 10.8. The Hall–Kier alpha value is -2.93. The lowest BCUT2D eigenvalue weighted by Gasteiger charge is -2.10. The molecule has 8 heteroatoms. The van der Waals surface area contributed by atoms with E-state index in [4.69, 9.17) is 16.3 Å². The molecule has 0 fully saturated rings. The fraction of sp³-hybridized carbons (Fsp3) is 0.125. The van der Waals surface area contributed by atoms with Crippen LogP contribution >= 0.6 is 11.6 Å². The number of ether oxygens (including phenoxy) is 1. The van der Waals surface area contributed by atoms with Crippen molar-refractivity contribution in [3.63, 3.8) is 0 Å². The van der Waals surface area contributed by atoms with E-state index in [1.807, 2.05) is 0 Å². The van der Waals surface area contributed by atoms with Crippen molar-refractivity contribution >= 4 is 28.2 Å². The molecule has 0 unspecified atom stereocenters. The van der Waals surface area contributed by atoms with Gasteiger partial charge < -0.3 is 4.74 Å². The molecule has 0 aliphatic rings.